The van der Waals surface area contributed by atoms with Crippen LogP contribution < -0.4 is 5.32 Å². The highest BCUT2D eigenvalue weighted by molar-refractivity contribution is 5.79. The molecule has 4 heteroatoms. The summed E-state index contributed by atoms with van der Waals surface area (Å²) in [6.07, 6.45) is 4.06. The lowest BCUT2D eigenvalue weighted by molar-refractivity contribution is -0.137. The molecule has 2 heterocycles. The van der Waals surface area contributed by atoms with Crippen LogP contribution in [0.2, 0.25) is 0 Å². The van der Waals surface area contributed by atoms with E-state index in [1.165, 1.54) is 0 Å². The number of amides is 1. The fourth-order valence-corrected chi connectivity index (χ4v) is 2.76. The summed E-state index contributed by atoms with van der Waals surface area (Å²) in [5, 5.41) is 12.6. The number of aliphatic hydroxyl groups excluding tert-OH is 1. The van der Waals surface area contributed by atoms with E-state index in [0.29, 0.717) is 6.04 Å². The summed E-state index contributed by atoms with van der Waals surface area (Å²) >= 11 is 0. The average molecular weight is 226 g/mol. The molecule has 16 heavy (non-hydrogen) atoms. The smallest absolute Gasteiger partial charge is 0.227 e. The Morgan fingerprint density at radius 1 is 1.44 bits per heavy atom. The molecule has 0 spiro atoms. The molecule has 0 saturated carbocycles. The van der Waals surface area contributed by atoms with Crippen LogP contribution in [0.4, 0.5) is 0 Å². The first kappa shape index (κ1) is 11.9. The number of carbonyl (C=O) groups is 1. The van der Waals surface area contributed by atoms with Crippen molar-refractivity contribution in [2.75, 3.05) is 19.7 Å². The van der Waals surface area contributed by atoms with Gasteiger partial charge in [0.25, 0.3) is 0 Å². The highest BCUT2D eigenvalue weighted by Crippen LogP contribution is 2.23. The van der Waals surface area contributed by atoms with Crippen molar-refractivity contribution in [2.45, 2.75) is 44.7 Å². The Morgan fingerprint density at radius 3 is 2.88 bits per heavy atom. The zero-order chi connectivity index (χ0) is 11.5. The van der Waals surface area contributed by atoms with Crippen molar-refractivity contribution in [1.82, 2.24) is 10.2 Å². The summed E-state index contributed by atoms with van der Waals surface area (Å²) in [4.78, 5) is 14.1. The highest BCUT2D eigenvalue weighted by Gasteiger charge is 2.33. The van der Waals surface area contributed by atoms with Gasteiger partial charge < -0.3 is 15.3 Å². The molecule has 3 atom stereocenters. The first-order valence-corrected chi connectivity index (χ1v) is 6.37. The summed E-state index contributed by atoms with van der Waals surface area (Å²) in [5.41, 5.74) is 0. The fraction of sp³-hybridized carbons (Fsp3) is 0.917. The van der Waals surface area contributed by atoms with Crippen molar-refractivity contribution in [2.24, 2.45) is 5.92 Å². The van der Waals surface area contributed by atoms with Gasteiger partial charge in [-0.25, -0.2) is 0 Å². The van der Waals surface area contributed by atoms with E-state index in [9.17, 15) is 9.90 Å². The number of hydrogen-bond acceptors (Lipinski definition) is 3. The minimum absolute atomic E-state index is 0.0758. The Bertz CT molecular complexity index is 249. The van der Waals surface area contributed by atoms with Crippen molar-refractivity contribution in [3.63, 3.8) is 0 Å². The van der Waals surface area contributed by atoms with Crippen LogP contribution in [0.25, 0.3) is 0 Å². The van der Waals surface area contributed by atoms with Crippen LogP contribution >= 0.6 is 0 Å². The quantitative estimate of drug-likeness (QED) is 0.715. The first-order valence-electron chi connectivity index (χ1n) is 6.37. The number of nitrogens with zero attached hydrogens (tertiary/aromatic N) is 1. The topological polar surface area (TPSA) is 52.6 Å². The summed E-state index contributed by atoms with van der Waals surface area (Å²) in [5.74, 6) is 0.374. The number of piperidine rings is 1. The number of rotatable bonds is 2. The molecular weight excluding hydrogens is 204 g/mol. The van der Waals surface area contributed by atoms with Gasteiger partial charge in [-0.05, 0) is 32.6 Å². The molecule has 4 nitrogen and oxygen atoms in total. The van der Waals surface area contributed by atoms with Crippen LogP contribution in [-0.4, -0.2) is 47.7 Å². The van der Waals surface area contributed by atoms with Gasteiger partial charge in [0.15, 0.2) is 0 Å². The zero-order valence-corrected chi connectivity index (χ0v) is 9.98. The van der Waals surface area contributed by atoms with E-state index in [1.807, 2.05) is 4.90 Å². The van der Waals surface area contributed by atoms with Gasteiger partial charge in [0.2, 0.25) is 5.91 Å². The second kappa shape index (κ2) is 5.15. The first-order chi connectivity index (χ1) is 7.72. The lowest BCUT2D eigenvalue weighted by Crippen LogP contribution is -2.47. The Kier molecular flexibility index (Phi) is 3.82. The summed E-state index contributed by atoms with van der Waals surface area (Å²) in [7, 11) is 0. The van der Waals surface area contributed by atoms with Gasteiger partial charge in [-0.2, -0.15) is 0 Å². The molecule has 92 valence electrons. The lowest BCUT2D eigenvalue weighted by atomic mass is 9.94. The molecule has 0 aromatic carbocycles. The van der Waals surface area contributed by atoms with Crippen LogP contribution in [0.5, 0.6) is 0 Å². The SMILES string of the molecule is CC1CCC(C(=O)N2CCCC2CO)CN1. The van der Waals surface area contributed by atoms with Crippen LogP contribution in [0.1, 0.15) is 32.6 Å². The van der Waals surface area contributed by atoms with Crippen molar-refractivity contribution in [1.29, 1.82) is 0 Å². The Hall–Kier alpha value is -0.610. The van der Waals surface area contributed by atoms with Crippen LogP contribution in [0.15, 0.2) is 0 Å². The van der Waals surface area contributed by atoms with E-state index in [2.05, 4.69) is 12.2 Å². The van der Waals surface area contributed by atoms with Crippen molar-refractivity contribution >= 4 is 5.91 Å². The molecule has 2 fully saturated rings. The molecule has 0 aliphatic carbocycles. The predicted molar refractivity (Wildman–Crippen MR) is 62.0 cm³/mol. The van der Waals surface area contributed by atoms with Gasteiger partial charge in [0, 0.05) is 19.1 Å². The van der Waals surface area contributed by atoms with Gasteiger partial charge in [0.05, 0.1) is 18.6 Å². The van der Waals surface area contributed by atoms with E-state index in [-0.39, 0.29) is 24.5 Å². The highest BCUT2D eigenvalue weighted by atomic mass is 16.3. The van der Waals surface area contributed by atoms with Gasteiger partial charge in [-0.3, -0.25) is 4.79 Å². The Balaban J connectivity index is 1.91. The maximum Gasteiger partial charge on any atom is 0.227 e. The number of nitrogens with one attached hydrogen (secondary N) is 1. The molecule has 3 unspecified atom stereocenters. The Morgan fingerprint density at radius 2 is 2.25 bits per heavy atom. The largest absolute Gasteiger partial charge is 0.394 e. The molecule has 0 radical (unpaired) electrons. The fourth-order valence-electron chi connectivity index (χ4n) is 2.76. The summed E-state index contributed by atoms with van der Waals surface area (Å²) in [6, 6.07) is 0.614. The number of likely N-dealkylation sites (tertiary alicyclic amines) is 1. The van der Waals surface area contributed by atoms with Crippen molar-refractivity contribution in [3.8, 4) is 0 Å². The van der Waals surface area contributed by atoms with Gasteiger partial charge in [-0.1, -0.05) is 0 Å². The van der Waals surface area contributed by atoms with E-state index >= 15 is 0 Å². The van der Waals surface area contributed by atoms with Crippen molar-refractivity contribution in [3.05, 3.63) is 0 Å². The van der Waals surface area contributed by atoms with E-state index in [4.69, 9.17) is 0 Å². The zero-order valence-electron chi connectivity index (χ0n) is 9.98. The summed E-state index contributed by atoms with van der Waals surface area (Å²) < 4.78 is 0. The molecule has 0 aromatic heterocycles. The molecule has 2 N–H and O–H groups in total. The van der Waals surface area contributed by atoms with E-state index < -0.39 is 0 Å². The van der Waals surface area contributed by atoms with Gasteiger partial charge in [0.1, 0.15) is 0 Å². The molecule has 2 rings (SSSR count). The van der Waals surface area contributed by atoms with E-state index in [1.54, 1.807) is 0 Å². The molecule has 2 aliphatic heterocycles. The second-order valence-corrected chi connectivity index (χ2v) is 5.09. The molecular formula is C12H22N2O2. The number of hydrogen-bond donors (Lipinski definition) is 2. The molecule has 2 aliphatic rings. The molecule has 1 amide bonds. The normalized spacial score (nSPS) is 35.4. The third kappa shape index (κ3) is 2.38. The minimum Gasteiger partial charge on any atom is -0.394 e. The molecule has 0 aromatic rings. The summed E-state index contributed by atoms with van der Waals surface area (Å²) in [6.45, 7) is 3.90. The van der Waals surface area contributed by atoms with Gasteiger partial charge >= 0.3 is 0 Å². The van der Waals surface area contributed by atoms with Crippen LogP contribution in [0.3, 0.4) is 0 Å². The molecule has 2 saturated heterocycles. The third-order valence-corrected chi connectivity index (χ3v) is 3.88. The maximum atomic E-state index is 12.3. The molecule has 0 bridgehead atoms. The second-order valence-electron chi connectivity index (χ2n) is 5.09. The van der Waals surface area contributed by atoms with Crippen LogP contribution in [-0.2, 0) is 4.79 Å². The minimum atomic E-state index is 0.0758. The maximum absolute atomic E-state index is 12.3. The average Bonchev–Trinajstić information content (AvgIpc) is 2.77. The van der Waals surface area contributed by atoms with Crippen LogP contribution in [0, 0.1) is 5.92 Å². The van der Waals surface area contributed by atoms with Crippen molar-refractivity contribution < 1.29 is 9.90 Å². The third-order valence-electron chi connectivity index (χ3n) is 3.88. The van der Waals surface area contributed by atoms with E-state index in [0.717, 1.165) is 38.8 Å². The number of carbonyl (C=O) groups excluding carboxylic acids is 1. The number of aliphatic hydroxyl groups is 1. The Labute approximate surface area is 97.0 Å². The predicted octanol–water partition coefficient (Wildman–Crippen LogP) is 0.358. The standard InChI is InChI=1S/C12H22N2O2/c1-9-4-5-10(7-13-9)12(16)14-6-2-3-11(14)8-15/h9-11,13,15H,2-8H2,1H3. The lowest BCUT2D eigenvalue weighted by Gasteiger charge is -2.32. The van der Waals surface area contributed by atoms with Gasteiger partial charge in [-0.15, -0.1) is 0 Å². The monoisotopic (exact) mass is 226 g/mol.